The van der Waals surface area contributed by atoms with Crippen molar-refractivity contribution in [3.8, 4) is 0 Å². The first-order valence-electron chi connectivity index (χ1n) is 7.89. The maximum Gasteiger partial charge on any atom is 0.0722 e. The van der Waals surface area contributed by atoms with Gasteiger partial charge in [-0.15, -0.1) is 0 Å². The van der Waals surface area contributed by atoms with Crippen LogP contribution in [0.15, 0.2) is 6.20 Å². The number of aryl methyl sites for hydroxylation is 1. The maximum absolute atomic E-state index is 4.70. The zero-order valence-electron chi connectivity index (χ0n) is 13.7. The van der Waals surface area contributed by atoms with Gasteiger partial charge in [-0.1, -0.05) is 27.7 Å². The van der Waals surface area contributed by atoms with Gasteiger partial charge in [0.05, 0.1) is 5.69 Å². The minimum atomic E-state index is 0.113. The van der Waals surface area contributed by atoms with Crippen LogP contribution in [-0.2, 0) is 19.0 Å². The van der Waals surface area contributed by atoms with E-state index in [0.717, 1.165) is 19.6 Å². The summed E-state index contributed by atoms with van der Waals surface area (Å²) in [6, 6.07) is 0.683. The van der Waals surface area contributed by atoms with Crippen LogP contribution >= 0.6 is 0 Å². The molecule has 4 nitrogen and oxygen atoms in total. The molecule has 1 atom stereocenters. The van der Waals surface area contributed by atoms with Gasteiger partial charge < -0.3 is 5.32 Å². The van der Waals surface area contributed by atoms with E-state index in [4.69, 9.17) is 5.10 Å². The lowest BCUT2D eigenvalue weighted by atomic mass is 9.89. The van der Waals surface area contributed by atoms with Crippen molar-refractivity contribution in [3.63, 3.8) is 0 Å². The molecule has 0 bridgehead atoms. The van der Waals surface area contributed by atoms with Crippen LogP contribution in [0.5, 0.6) is 0 Å². The first-order valence-corrected chi connectivity index (χ1v) is 7.89. The van der Waals surface area contributed by atoms with Crippen molar-refractivity contribution < 1.29 is 0 Å². The van der Waals surface area contributed by atoms with Gasteiger partial charge in [0.25, 0.3) is 0 Å². The molecule has 1 aromatic rings. The van der Waals surface area contributed by atoms with E-state index in [1.807, 2.05) is 11.7 Å². The fraction of sp³-hybridized carbons (Fsp3) is 0.812. The highest BCUT2D eigenvalue weighted by molar-refractivity contribution is 5.24. The highest BCUT2D eigenvalue weighted by Gasteiger charge is 2.26. The molecule has 2 rings (SSSR count). The van der Waals surface area contributed by atoms with Crippen LogP contribution in [0, 0.1) is 0 Å². The Hall–Kier alpha value is -0.870. The molecule has 20 heavy (non-hydrogen) atoms. The van der Waals surface area contributed by atoms with Gasteiger partial charge in [0.15, 0.2) is 0 Å². The lowest BCUT2D eigenvalue weighted by Crippen LogP contribution is -2.37. The predicted octanol–water partition coefficient (Wildman–Crippen LogP) is 2.29. The minimum Gasteiger partial charge on any atom is -0.315 e. The Labute approximate surface area is 123 Å². The molecule has 0 saturated carbocycles. The Balaban J connectivity index is 2.17. The lowest BCUT2D eigenvalue weighted by molar-refractivity contribution is 0.198. The van der Waals surface area contributed by atoms with Crippen molar-refractivity contribution >= 4 is 0 Å². The monoisotopic (exact) mass is 278 g/mol. The number of aromatic nitrogens is 2. The highest BCUT2D eigenvalue weighted by atomic mass is 15.3. The Morgan fingerprint density at radius 1 is 1.45 bits per heavy atom. The van der Waals surface area contributed by atoms with Gasteiger partial charge in [-0.25, -0.2) is 0 Å². The topological polar surface area (TPSA) is 33.1 Å². The SMILES string of the molecule is CCCN(Cc1cn(C)nc1C(C)(C)C)C1CCNC1. The minimum absolute atomic E-state index is 0.113. The van der Waals surface area contributed by atoms with Crippen LogP contribution in [0.3, 0.4) is 0 Å². The van der Waals surface area contributed by atoms with Crippen LogP contribution in [0.4, 0.5) is 0 Å². The van der Waals surface area contributed by atoms with Gasteiger partial charge in [0, 0.05) is 43.4 Å². The van der Waals surface area contributed by atoms with E-state index in [0.29, 0.717) is 6.04 Å². The fourth-order valence-electron chi connectivity index (χ4n) is 3.13. The van der Waals surface area contributed by atoms with Gasteiger partial charge in [0.1, 0.15) is 0 Å². The summed E-state index contributed by atoms with van der Waals surface area (Å²) < 4.78 is 1.97. The standard InChI is InChI=1S/C16H30N4/c1-6-9-20(14-7-8-17-10-14)12-13-11-19(5)18-15(13)16(2,3)4/h11,14,17H,6-10,12H2,1-5H3. The quantitative estimate of drug-likeness (QED) is 0.897. The van der Waals surface area contributed by atoms with Crippen LogP contribution in [0.2, 0.25) is 0 Å². The van der Waals surface area contributed by atoms with E-state index in [1.54, 1.807) is 0 Å². The molecule has 0 aliphatic carbocycles. The molecule has 1 N–H and O–H groups in total. The van der Waals surface area contributed by atoms with Gasteiger partial charge in [0.2, 0.25) is 0 Å². The normalized spacial score (nSPS) is 20.0. The summed E-state index contributed by atoms with van der Waals surface area (Å²) in [6.07, 6.45) is 4.68. The predicted molar refractivity (Wildman–Crippen MR) is 83.9 cm³/mol. The largest absolute Gasteiger partial charge is 0.315 e. The second-order valence-corrected chi connectivity index (χ2v) is 7.04. The summed E-state index contributed by atoms with van der Waals surface area (Å²) in [7, 11) is 2.03. The molecule has 2 heterocycles. The van der Waals surface area contributed by atoms with E-state index in [-0.39, 0.29) is 5.41 Å². The Morgan fingerprint density at radius 2 is 2.20 bits per heavy atom. The van der Waals surface area contributed by atoms with E-state index in [2.05, 4.69) is 44.1 Å². The molecule has 114 valence electrons. The molecular weight excluding hydrogens is 248 g/mol. The van der Waals surface area contributed by atoms with E-state index >= 15 is 0 Å². The van der Waals surface area contributed by atoms with Crippen molar-refractivity contribution in [2.45, 2.75) is 58.5 Å². The molecule has 1 unspecified atom stereocenters. The number of rotatable bonds is 5. The maximum atomic E-state index is 4.70. The number of nitrogens with zero attached hydrogens (tertiary/aromatic N) is 3. The summed E-state index contributed by atoms with van der Waals surface area (Å²) in [5.74, 6) is 0. The van der Waals surface area contributed by atoms with Crippen molar-refractivity contribution in [2.75, 3.05) is 19.6 Å². The smallest absolute Gasteiger partial charge is 0.0722 e. The number of hydrogen-bond donors (Lipinski definition) is 1. The summed E-state index contributed by atoms with van der Waals surface area (Å²) in [5.41, 5.74) is 2.75. The van der Waals surface area contributed by atoms with Crippen LogP contribution in [0.1, 0.15) is 51.8 Å². The molecule has 1 aliphatic heterocycles. The van der Waals surface area contributed by atoms with Crippen LogP contribution in [0.25, 0.3) is 0 Å². The molecule has 0 amide bonds. The summed E-state index contributed by atoms with van der Waals surface area (Å²) in [4.78, 5) is 2.63. The third kappa shape index (κ3) is 3.61. The van der Waals surface area contributed by atoms with Crippen molar-refractivity contribution in [2.24, 2.45) is 7.05 Å². The number of nitrogens with one attached hydrogen (secondary N) is 1. The molecular formula is C16H30N4. The Bertz CT molecular complexity index is 424. The van der Waals surface area contributed by atoms with E-state index < -0.39 is 0 Å². The van der Waals surface area contributed by atoms with Crippen LogP contribution in [-0.4, -0.2) is 40.4 Å². The Morgan fingerprint density at radius 3 is 2.75 bits per heavy atom. The molecule has 0 spiro atoms. The summed E-state index contributed by atoms with van der Waals surface area (Å²) in [6.45, 7) is 13.5. The van der Waals surface area contributed by atoms with Gasteiger partial charge >= 0.3 is 0 Å². The van der Waals surface area contributed by atoms with Gasteiger partial charge in [-0.2, -0.15) is 5.10 Å². The van der Waals surface area contributed by atoms with Crippen molar-refractivity contribution in [3.05, 3.63) is 17.5 Å². The third-order valence-electron chi connectivity index (χ3n) is 4.05. The first kappa shape index (κ1) is 15.5. The number of hydrogen-bond acceptors (Lipinski definition) is 3. The second kappa shape index (κ2) is 6.27. The molecule has 0 radical (unpaired) electrons. The molecule has 1 aliphatic rings. The second-order valence-electron chi connectivity index (χ2n) is 7.04. The van der Waals surface area contributed by atoms with Gasteiger partial charge in [-0.3, -0.25) is 9.58 Å². The summed E-state index contributed by atoms with van der Waals surface area (Å²) >= 11 is 0. The average Bonchev–Trinajstić information content (AvgIpc) is 2.96. The van der Waals surface area contributed by atoms with Crippen molar-refractivity contribution in [1.29, 1.82) is 0 Å². The van der Waals surface area contributed by atoms with E-state index in [9.17, 15) is 0 Å². The molecule has 4 heteroatoms. The highest BCUT2D eigenvalue weighted by Crippen LogP contribution is 2.26. The molecule has 1 saturated heterocycles. The van der Waals surface area contributed by atoms with Gasteiger partial charge in [-0.05, 0) is 25.9 Å². The fourth-order valence-corrected chi connectivity index (χ4v) is 3.13. The lowest BCUT2D eigenvalue weighted by Gasteiger charge is -2.29. The average molecular weight is 278 g/mol. The van der Waals surface area contributed by atoms with Crippen LogP contribution < -0.4 is 5.32 Å². The summed E-state index contributed by atoms with van der Waals surface area (Å²) in [5, 5.41) is 8.18. The molecule has 1 aromatic heterocycles. The first-order chi connectivity index (χ1) is 9.41. The van der Waals surface area contributed by atoms with Crippen molar-refractivity contribution in [1.82, 2.24) is 20.0 Å². The van der Waals surface area contributed by atoms with E-state index in [1.165, 1.54) is 30.6 Å². The zero-order valence-corrected chi connectivity index (χ0v) is 13.7. The zero-order chi connectivity index (χ0) is 14.8. The molecule has 1 fully saturated rings. The Kier molecular flexibility index (Phi) is 4.86. The third-order valence-corrected chi connectivity index (χ3v) is 4.05. The molecule has 0 aromatic carbocycles.